The first-order chi connectivity index (χ1) is 10.6. The fraction of sp³-hybridized carbons (Fsp3) is 0.562. The Balaban J connectivity index is 0.00000156. The van der Waals surface area contributed by atoms with Crippen LogP contribution in [0.2, 0.25) is 0 Å². The molecule has 0 saturated carbocycles. The number of hydrogen-bond acceptors (Lipinski definition) is 2. The third kappa shape index (κ3) is 2.92. The first kappa shape index (κ1) is 18.2. The van der Waals surface area contributed by atoms with E-state index in [9.17, 15) is 0 Å². The number of aryl methyl sites for hydroxylation is 2. The van der Waals surface area contributed by atoms with Gasteiger partial charge in [0.05, 0.1) is 9.99 Å². The summed E-state index contributed by atoms with van der Waals surface area (Å²) in [4.78, 5) is 7.50. The third-order valence-corrected chi connectivity index (χ3v) is 8.54. The Morgan fingerprint density at radius 3 is 2.39 bits per heavy atom. The van der Waals surface area contributed by atoms with Crippen molar-refractivity contribution in [2.45, 2.75) is 38.1 Å². The maximum absolute atomic E-state index is 5.08. The van der Waals surface area contributed by atoms with Gasteiger partial charge in [-0.2, -0.15) is 0 Å². The molecule has 0 spiro atoms. The summed E-state index contributed by atoms with van der Waals surface area (Å²) in [5, 5.41) is 0. The topological polar surface area (TPSA) is 21.1 Å². The standard InChI is InChI=1S/C16H18Br3N3.ClH/c1-21-7-4-9(5-8-21)16-20-14-13(19)12(18)11(17)10-3-2-6-22(16)15(10)14;/h9H,2-8H2,1H3;1H. The van der Waals surface area contributed by atoms with Gasteiger partial charge in [-0.1, -0.05) is 0 Å². The highest BCUT2D eigenvalue weighted by Crippen LogP contribution is 2.44. The normalized spacial score (nSPS) is 19.1. The number of benzene rings is 1. The molecule has 126 valence electrons. The molecule has 0 radical (unpaired) electrons. The zero-order chi connectivity index (χ0) is 15.4. The molecule has 0 atom stereocenters. The lowest BCUT2D eigenvalue weighted by Gasteiger charge is -2.29. The van der Waals surface area contributed by atoms with Crippen LogP contribution in [-0.2, 0) is 13.0 Å². The predicted molar refractivity (Wildman–Crippen MR) is 108 cm³/mol. The molecule has 23 heavy (non-hydrogen) atoms. The van der Waals surface area contributed by atoms with Crippen molar-refractivity contribution < 1.29 is 0 Å². The second-order valence-electron chi connectivity index (χ2n) is 6.42. The molecule has 2 aromatic rings. The van der Waals surface area contributed by atoms with Crippen molar-refractivity contribution in [3.63, 3.8) is 0 Å². The number of piperidine rings is 1. The van der Waals surface area contributed by atoms with Gasteiger partial charge in [0.2, 0.25) is 0 Å². The van der Waals surface area contributed by atoms with Gasteiger partial charge in [-0.3, -0.25) is 0 Å². The highest BCUT2D eigenvalue weighted by Gasteiger charge is 2.29. The van der Waals surface area contributed by atoms with Crippen molar-refractivity contribution in [2.75, 3.05) is 20.1 Å². The van der Waals surface area contributed by atoms with Gasteiger partial charge in [-0.15, -0.1) is 12.4 Å². The van der Waals surface area contributed by atoms with Crippen LogP contribution < -0.4 is 0 Å². The van der Waals surface area contributed by atoms with Crippen molar-refractivity contribution in [1.29, 1.82) is 0 Å². The highest BCUT2D eigenvalue weighted by atomic mass is 79.9. The third-order valence-electron chi connectivity index (χ3n) is 5.03. The number of rotatable bonds is 1. The van der Waals surface area contributed by atoms with Gasteiger partial charge in [-0.25, -0.2) is 4.98 Å². The summed E-state index contributed by atoms with van der Waals surface area (Å²) in [5.74, 6) is 1.90. The minimum absolute atomic E-state index is 0. The van der Waals surface area contributed by atoms with Crippen LogP contribution in [0.4, 0.5) is 0 Å². The van der Waals surface area contributed by atoms with E-state index in [2.05, 4.69) is 64.3 Å². The SMILES string of the molecule is CN1CCC(c2nc3c(Br)c(Br)c(Br)c4c3n2CCC4)CC1.Cl. The number of imidazole rings is 1. The summed E-state index contributed by atoms with van der Waals surface area (Å²) in [7, 11) is 2.21. The molecule has 1 saturated heterocycles. The van der Waals surface area contributed by atoms with Crippen LogP contribution in [-0.4, -0.2) is 34.6 Å². The van der Waals surface area contributed by atoms with E-state index in [-0.39, 0.29) is 12.4 Å². The van der Waals surface area contributed by atoms with Crippen LogP contribution >= 0.6 is 60.2 Å². The van der Waals surface area contributed by atoms with Crippen molar-refractivity contribution in [3.05, 3.63) is 24.8 Å². The van der Waals surface area contributed by atoms with Gasteiger partial charge < -0.3 is 9.47 Å². The Bertz CT molecular complexity index is 751. The molecule has 2 aliphatic rings. The van der Waals surface area contributed by atoms with E-state index in [0.717, 1.165) is 27.4 Å². The largest absolute Gasteiger partial charge is 0.327 e. The fourth-order valence-corrected chi connectivity index (χ4v) is 5.56. The Kier molecular flexibility index (Phi) is 5.49. The van der Waals surface area contributed by atoms with Crippen molar-refractivity contribution >= 4 is 71.2 Å². The molecule has 0 amide bonds. The minimum atomic E-state index is 0. The zero-order valence-corrected chi connectivity index (χ0v) is 18.5. The molecule has 1 aromatic carbocycles. The average molecular weight is 529 g/mol. The van der Waals surface area contributed by atoms with E-state index in [4.69, 9.17) is 4.98 Å². The molecule has 1 aromatic heterocycles. The number of likely N-dealkylation sites (tertiary alicyclic amines) is 1. The van der Waals surface area contributed by atoms with Crippen molar-refractivity contribution in [1.82, 2.24) is 14.5 Å². The molecule has 1 fully saturated rings. The van der Waals surface area contributed by atoms with Crippen molar-refractivity contribution in [3.8, 4) is 0 Å². The Hall–Kier alpha value is 0.380. The monoisotopic (exact) mass is 525 g/mol. The van der Waals surface area contributed by atoms with Gasteiger partial charge in [0.1, 0.15) is 11.3 Å². The summed E-state index contributed by atoms with van der Waals surface area (Å²) in [6, 6.07) is 0. The first-order valence-corrected chi connectivity index (χ1v) is 10.2. The lowest BCUT2D eigenvalue weighted by molar-refractivity contribution is 0.248. The molecule has 3 heterocycles. The quantitative estimate of drug-likeness (QED) is 0.456. The summed E-state index contributed by atoms with van der Waals surface area (Å²) >= 11 is 11.2. The number of hydrogen-bond donors (Lipinski definition) is 0. The van der Waals surface area contributed by atoms with E-state index in [1.807, 2.05) is 0 Å². The van der Waals surface area contributed by atoms with Gasteiger partial charge in [0, 0.05) is 21.4 Å². The van der Waals surface area contributed by atoms with E-state index >= 15 is 0 Å². The molecule has 7 heteroatoms. The van der Waals surface area contributed by atoms with Crippen LogP contribution in [0, 0.1) is 0 Å². The molecule has 0 unspecified atom stereocenters. The number of nitrogens with zero attached hydrogens (tertiary/aromatic N) is 3. The van der Waals surface area contributed by atoms with E-state index in [1.54, 1.807) is 0 Å². The Morgan fingerprint density at radius 2 is 1.70 bits per heavy atom. The second kappa shape index (κ2) is 6.94. The summed E-state index contributed by atoms with van der Waals surface area (Å²) < 4.78 is 5.85. The predicted octanol–water partition coefficient (Wildman–Crippen LogP) is 5.50. The van der Waals surface area contributed by atoms with Crippen LogP contribution in [0.1, 0.15) is 36.6 Å². The van der Waals surface area contributed by atoms with Gasteiger partial charge in [0.25, 0.3) is 0 Å². The van der Waals surface area contributed by atoms with Crippen LogP contribution in [0.25, 0.3) is 11.0 Å². The summed E-state index contributed by atoms with van der Waals surface area (Å²) in [5.41, 5.74) is 3.86. The van der Waals surface area contributed by atoms with Crippen LogP contribution in [0.3, 0.4) is 0 Å². The van der Waals surface area contributed by atoms with Gasteiger partial charge in [-0.05, 0) is 99.2 Å². The minimum Gasteiger partial charge on any atom is -0.327 e. The average Bonchev–Trinajstić information content (AvgIpc) is 2.92. The lowest BCUT2D eigenvalue weighted by atomic mass is 9.96. The van der Waals surface area contributed by atoms with Crippen LogP contribution in [0.15, 0.2) is 13.4 Å². The zero-order valence-electron chi connectivity index (χ0n) is 12.9. The van der Waals surface area contributed by atoms with E-state index in [1.165, 1.54) is 53.7 Å². The molecular weight excluding hydrogens is 509 g/mol. The van der Waals surface area contributed by atoms with Crippen LogP contribution in [0.5, 0.6) is 0 Å². The maximum atomic E-state index is 5.08. The first-order valence-electron chi connectivity index (χ1n) is 7.82. The number of aromatic nitrogens is 2. The van der Waals surface area contributed by atoms with Gasteiger partial charge >= 0.3 is 0 Å². The summed E-state index contributed by atoms with van der Waals surface area (Å²) in [6.07, 6.45) is 4.76. The molecule has 4 rings (SSSR count). The molecule has 3 nitrogen and oxygen atoms in total. The molecular formula is C16H19Br3ClN3. The van der Waals surface area contributed by atoms with E-state index < -0.39 is 0 Å². The van der Waals surface area contributed by atoms with E-state index in [0.29, 0.717) is 5.92 Å². The molecule has 2 aliphatic heterocycles. The maximum Gasteiger partial charge on any atom is 0.113 e. The van der Waals surface area contributed by atoms with Gasteiger partial charge in [0.15, 0.2) is 0 Å². The lowest BCUT2D eigenvalue weighted by Crippen LogP contribution is -2.30. The molecule has 0 aliphatic carbocycles. The molecule has 0 bridgehead atoms. The number of halogens is 4. The Labute approximate surface area is 168 Å². The summed E-state index contributed by atoms with van der Waals surface area (Å²) in [6.45, 7) is 3.45. The highest BCUT2D eigenvalue weighted by molar-refractivity contribution is 9.14. The Morgan fingerprint density at radius 1 is 1.00 bits per heavy atom. The second-order valence-corrected chi connectivity index (χ2v) is 8.80. The van der Waals surface area contributed by atoms with Crippen molar-refractivity contribution in [2.24, 2.45) is 0 Å². The fourth-order valence-electron chi connectivity index (χ4n) is 3.81. The smallest absolute Gasteiger partial charge is 0.113 e. The molecule has 0 N–H and O–H groups in total.